The van der Waals surface area contributed by atoms with Crippen LogP contribution in [-0.4, -0.2) is 23.3 Å². The van der Waals surface area contributed by atoms with E-state index < -0.39 is 17.2 Å². The quantitative estimate of drug-likeness (QED) is 0.726. The Kier molecular flexibility index (Phi) is 2.40. The first kappa shape index (κ1) is 10.3. The van der Waals surface area contributed by atoms with Crippen molar-refractivity contribution in [2.75, 3.05) is 7.11 Å². The minimum atomic E-state index is -0.854. The number of para-hydroxylation sites is 1. The topological polar surface area (TPSA) is 72.0 Å². The number of hydrogen-bond acceptors (Lipinski definition) is 4. The number of hydrogen-bond donors (Lipinski definition) is 1. The molecule has 1 aromatic carbocycles. The van der Waals surface area contributed by atoms with E-state index in [1.165, 1.54) is 18.2 Å². The summed E-state index contributed by atoms with van der Waals surface area (Å²) in [5.41, 5.74) is -1.07. The number of methoxy groups -OCH3 is 1. The van der Waals surface area contributed by atoms with Crippen molar-refractivity contribution in [3.05, 3.63) is 39.9 Å². The van der Waals surface area contributed by atoms with E-state index in [2.05, 4.69) is 14.9 Å². The summed E-state index contributed by atoms with van der Waals surface area (Å²) in [6.45, 7) is 0. The number of carbonyl (C=O) groups excluding carboxylic acids is 1. The van der Waals surface area contributed by atoms with Crippen LogP contribution >= 0.6 is 0 Å². The molecule has 0 unspecified atom stereocenters. The molecule has 6 heteroatoms. The van der Waals surface area contributed by atoms with Gasteiger partial charge in [-0.05, 0) is 12.1 Å². The lowest BCUT2D eigenvalue weighted by Gasteiger charge is -2.01. The van der Waals surface area contributed by atoms with Gasteiger partial charge in [0.2, 0.25) is 11.1 Å². The van der Waals surface area contributed by atoms with Gasteiger partial charge in [-0.3, -0.25) is 9.89 Å². The van der Waals surface area contributed by atoms with E-state index in [1.54, 1.807) is 0 Å². The van der Waals surface area contributed by atoms with Gasteiger partial charge >= 0.3 is 5.97 Å². The number of aromatic amines is 1. The SMILES string of the molecule is COC(=O)c1n[nH]c2c(F)cccc2c1=O. The number of fused-ring (bicyclic) bond motifs is 1. The van der Waals surface area contributed by atoms with Gasteiger partial charge in [0.15, 0.2) is 0 Å². The fraction of sp³-hybridized carbons (Fsp3) is 0.100. The van der Waals surface area contributed by atoms with E-state index in [0.29, 0.717) is 0 Å². The molecule has 16 heavy (non-hydrogen) atoms. The smallest absolute Gasteiger partial charge is 0.362 e. The van der Waals surface area contributed by atoms with Gasteiger partial charge in [0.05, 0.1) is 12.5 Å². The molecule has 1 aromatic heterocycles. The van der Waals surface area contributed by atoms with E-state index in [4.69, 9.17) is 0 Å². The van der Waals surface area contributed by atoms with Crippen LogP contribution in [0.15, 0.2) is 23.0 Å². The Morgan fingerprint density at radius 1 is 1.50 bits per heavy atom. The maximum atomic E-state index is 13.3. The lowest BCUT2D eigenvalue weighted by atomic mass is 10.2. The zero-order valence-electron chi connectivity index (χ0n) is 8.28. The minimum absolute atomic E-state index is 0.0276. The van der Waals surface area contributed by atoms with Gasteiger partial charge in [-0.15, -0.1) is 0 Å². The third-order valence-corrected chi connectivity index (χ3v) is 2.13. The normalized spacial score (nSPS) is 10.4. The van der Waals surface area contributed by atoms with Crippen LogP contribution in [0.5, 0.6) is 0 Å². The van der Waals surface area contributed by atoms with Gasteiger partial charge in [0.1, 0.15) is 11.3 Å². The Balaban J connectivity index is 2.81. The van der Waals surface area contributed by atoms with Crippen LogP contribution in [-0.2, 0) is 4.74 Å². The van der Waals surface area contributed by atoms with Crippen molar-refractivity contribution >= 4 is 16.9 Å². The van der Waals surface area contributed by atoms with Crippen LogP contribution < -0.4 is 5.43 Å². The van der Waals surface area contributed by atoms with Gasteiger partial charge in [-0.2, -0.15) is 5.10 Å². The molecule has 0 spiro atoms. The van der Waals surface area contributed by atoms with E-state index in [9.17, 15) is 14.0 Å². The number of H-pyrrole nitrogens is 1. The van der Waals surface area contributed by atoms with E-state index >= 15 is 0 Å². The summed E-state index contributed by atoms with van der Waals surface area (Å²) in [4.78, 5) is 22.9. The minimum Gasteiger partial charge on any atom is -0.464 e. The van der Waals surface area contributed by atoms with Crippen LogP contribution in [0, 0.1) is 5.82 Å². The average molecular weight is 222 g/mol. The number of carbonyl (C=O) groups is 1. The molecular weight excluding hydrogens is 215 g/mol. The molecule has 0 saturated heterocycles. The molecule has 1 heterocycles. The van der Waals surface area contributed by atoms with Gasteiger partial charge in [-0.25, -0.2) is 9.18 Å². The predicted octanol–water partition coefficient (Wildman–Crippen LogP) is 0.849. The summed E-state index contributed by atoms with van der Waals surface area (Å²) in [6, 6.07) is 3.98. The lowest BCUT2D eigenvalue weighted by Crippen LogP contribution is -2.20. The van der Waals surface area contributed by atoms with Crippen LogP contribution in [0.3, 0.4) is 0 Å². The Morgan fingerprint density at radius 3 is 2.94 bits per heavy atom. The van der Waals surface area contributed by atoms with Crippen LogP contribution in [0.1, 0.15) is 10.5 Å². The first-order valence-electron chi connectivity index (χ1n) is 4.40. The van der Waals surface area contributed by atoms with Crippen molar-refractivity contribution in [1.29, 1.82) is 0 Å². The number of halogens is 1. The molecule has 0 amide bonds. The molecule has 1 N–H and O–H groups in total. The summed E-state index contributed by atoms with van der Waals surface area (Å²) in [5, 5.41) is 5.87. The second kappa shape index (κ2) is 3.73. The molecule has 0 saturated carbocycles. The highest BCUT2D eigenvalue weighted by Gasteiger charge is 2.16. The average Bonchev–Trinajstić information content (AvgIpc) is 2.30. The summed E-state index contributed by atoms with van der Waals surface area (Å²) in [7, 11) is 1.14. The monoisotopic (exact) mass is 222 g/mol. The number of ether oxygens (including phenoxy) is 1. The Morgan fingerprint density at radius 2 is 2.25 bits per heavy atom. The summed E-state index contributed by atoms with van der Waals surface area (Å²) in [5.74, 6) is -1.45. The molecule has 0 aliphatic heterocycles. The number of rotatable bonds is 1. The molecular formula is C10H7FN2O3. The highest BCUT2D eigenvalue weighted by molar-refractivity contribution is 5.91. The zero-order chi connectivity index (χ0) is 11.7. The van der Waals surface area contributed by atoms with Gasteiger partial charge in [0.25, 0.3) is 0 Å². The van der Waals surface area contributed by atoms with Crippen molar-refractivity contribution in [1.82, 2.24) is 10.2 Å². The second-order valence-electron chi connectivity index (χ2n) is 3.06. The zero-order valence-corrected chi connectivity index (χ0v) is 8.28. The highest BCUT2D eigenvalue weighted by Crippen LogP contribution is 2.10. The third-order valence-electron chi connectivity index (χ3n) is 2.13. The molecule has 2 aromatic rings. The summed E-state index contributed by atoms with van der Waals surface area (Å²) >= 11 is 0. The molecule has 5 nitrogen and oxygen atoms in total. The second-order valence-corrected chi connectivity index (χ2v) is 3.06. The number of nitrogens with zero attached hydrogens (tertiary/aromatic N) is 1. The number of nitrogens with one attached hydrogen (secondary N) is 1. The number of benzene rings is 1. The van der Waals surface area contributed by atoms with Crippen molar-refractivity contribution in [2.45, 2.75) is 0 Å². The van der Waals surface area contributed by atoms with Gasteiger partial charge < -0.3 is 4.74 Å². The Bertz CT molecular complexity index is 621. The van der Waals surface area contributed by atoms with Crippen LogP contribution in [0.2, 0.25) is 0 Å². The van der Waals surface area contributed by atoms with E-state index in [0.717, 1.165) is 7.11 Å². The van der Waals surface area contributed by atoms with Crippen molar-refractivity contribution in [3.63, 3.8) is 0 Å². The lowest BCUT2D eigenvalue weighted by molar-refractivity contribution is 0.0591. The molecule has 0 fully saturated rings. The maximum Gasteiger partial charge on any atom is 0.362 e. The van der Waals surface area contributed by atoms with Crippen LogP contribution in [0.25, 0.3) is 10.9 Å². The molecule has 2 rings (SSSR count). The molecule has 0 atom stereocenters. The van der Waals surface area contributed by atoms with Crippen molar-refractivity contribution in [2.24, 2.45) is 0 Å². The van der Waals surface area contributed by atoms with Crippen LogP contribution in [0.4, 0.5) is 4.39 Å². The largest absolute Gasteiger partial charge is 0.464 e. The number of aromatic nitrogens is 2. The fourth-order valence-corrected chi connectivity index (χ4v) is 1.35. The molecule has 0 aliphatic carbocycles. The standard InChI is InChI=1S/C10H7FN2O3/c1-16-10(15)8-9(14)5-3-2-4-6(11)7(5)12-13-8/h2-4H,1H3,(H,12,14). The predicted molar refractivity (Wildman–Crippen MR) is 53.7 cm³/mol. The first-order valence-corrected chi connectivity index (χ1v) is 4.40. The Hall–Kier alpha value is -2.24. The van der Waals surface area contributed by atoms with Crippen molar-refractivity contribution in [3.8, 4) is 0 Å². The first-order chi connectivity index (χ1) is 7.65. The Labute approximate surface area is 88.9 Å². The molecule has 82 valence electrons. The molecule has 0 radical (unpaired) electrons. The molecule has 0 aliphatic rings. The van der Waals surface area contributed by atoms with Gasteiger partial charge in [-0.1, -0.05) is 6.07 Å². The summed E-state index contributed by atoms with van der Waals surface area (Å²) in [6.07, 6.45) is 0. The van der Waals surface area contributed by atoms with Gasteiger partial charge in [0, 0.05) is 0 Å². The van der Waals surface area contributed by atoms with E-state index in [1.807, 2.05) is 0 Å². The summed E-state index contributed by atoms with van der Waals surface area (Å²) < 4.78 is 17.6. The maximum absolute atomic E-state index is 13.3. The fourth-order valence-electron chi connectivity index (χ4n) is 1.35. The third kappa shape index (κ3) is 1.44. The highest BCUT2D eigenvalue weighted by atomic mass is 19.1. The number of esters is 1. The molecule has 0 bridgehead atoms. The van der Waals surface area contributed by atoms with Crippen molar-refractivity contribution < 1.29 is 13.9 Å². The van der Waals surface area contributed by atoms with E-state index in [-0.39, 0.29) is 16.6 Å².